The Bertz CT molecular complexity index is 898. The average molecular weight is 458 g/mol. The van der Waals surface area contributed by atoms with Crippen molar-refractivity contribution in [2.45, 2.75) is 51.7 Å². The molecule has 172 valence electrons. The van der Waals surface area contributed by atoms with E-state index in [9.17, 15) is 14.4 Å². The van der Waals surface area contributed by atoms with E-state index in [1.54, 1.807) is 4.90 Å². The minimum atomic E-state index is -0.796. The van der Waals surface area contributed by atoms with Crippen molar-refractivity contribution in [2.75, 3.05) is 19.8 Å². The minimum Gasteiger partial charge on any atom is -0.382 e. The van der Waals surface area contributed by atoms with Crippen LogP contribution in [0.15, 0.2) is 41.8 Å². The Balaban J connectivity index is 1.88. The highest BCUT2D eigenvalue weighted by Gasteiger charge is 2.37. The molecule has 2 atom stereocenters. The van der Waals surface area contributed by atoms with Crippen LogP contribution >= 0.6 is 11.3 Å². The van der Waals surface area contributed by atoms with Crippen LogP contribution in [0.2, 0.25) is 0 Å². The second-order valence-electron chi connectivity index (χ2n) is 7.86. The van der Waals surface area contributed by atoms with Crippen molar-refractivity contribution in [2.24, 2.45) is 0 Å². The van der Waals surface area contributed by atoms with E-state index in [1.165, 1.54) is 11.3 Å². The normalized spacial score (nSPS) is 16.4. The SMILES string of the molecule is CCOCCCNC(=O)[C@@H](c1ccc(C)cc1)N(Cc1cccs1)C(=O)[C@@H]1CCC(=O)N1. The van der Waals surface area contributed by atoms with Gasteiger partial charge in [0.25, 0.3) is 0 Å². The Morgan fingerprint density at radius 3 is 2.69 bits per heavy atom. The third-order valence-corrected chi connectivity index (χ3v) is 6.27. The molecule has 0 bridgehead atoms. The van der Waals surface area contributed by atoms with Crippen molar-refractivity contribution < 1.29 is 19.1 Å². The number of amides is 3. The number of rotatable bonds is 11. The van der Waals surface area contributed by atoms with Crippen LogP contribution in [-0.2, 0) is 25.7 Å². The zero-order valence-corrected chi connectivity index (χ0v) is 19.5. The van der Waals surface area contributed by atoms with E-state index in [1.807, 2.05) is 55.6 Å². The summed E-state index contributed by atoms with van der Waals surface area (Å²) in [6, 6.07) is 10.1. The molecule has 3 rings (SSSR count). The molecule has 3 amide bonds. The maximum atomic E-state index is 13.5. The van der Waals surface area contributed by atoms with Gasteiger partial charge in [-0.25, -0.2) is 0 Å². The van der Waals surface area contributed by atoms with E-state index in [0.29, 0.717) is 45.6 Å². The van der Waals surface area contributed by atoms with E-state index in [4.69, 9.17) is 4.74 Å². The molecule has 7 nitrogen and oxygen atoms in total. The summed E-state index contributed by atoms with van der Waals surface area (Å²) in [5.74, 6) is -0.606. The molecule has 0 saturated carbocycles. The minimum absolute atomic E-state index is 0.133. The van der Waals surface area contributed by atoms with Crippen molar-refractivity contribution in [3.05, 3.63) is 57.8 Å². The van der Waals surface area contributed by atoms with Crippen LogP contribution in [0.3, 0.4) is 0 Å². The van der Waals surface area contributed by atoms with E-state index in [-0.39, 0.29) is 17.7 Å². The summed E-state index contributed by atoms with van der Waals surface area (Å²) in [5, 5.41) is 7.68. The number of thiophene rings is 1. The molecule has 1 aromatic heterocycles. The summed E-state index contributed by atoms with van der Waals surface area (Å²) >= 11 is 1.54. The number of carbonyl (C=O) groups is 3. The lowest BCUT2D eigenvalue weighted by molar-refractivity contribution is -0.143. The van der Waals surface area contributed by atoms with Crippen molar-refractivity contribution in [3.8, 4) is 0 Å². The van der Waals surface area contributed by atoms with Crippen LogP contribution in [0.1, 0.15) is 48.2 Å². The molecule has 2 heterocycles. The highest BCUT2D eigenvalue weighted by atomic mass is 32.1. The molecule has 1 fully saturated rings. The fourth-order valence-electron chi connectivity index (χ4n) is 3.71. The first-order valence-corrected chi connectivity index (χ1v) is 11.9. The molecular weight excluding hydrogens is 426 g/mol. The van der Waals surface area contributed by atoms with Crippen LogP contribution < -0.4 is 10.6 Å². The van der Waals surface area contributed by atoms with Gasteiger partial charge in [-0.3, -0.25) is 14.4 Å². The predicted molar refractivity (Wildman–Crippen MR) is 124 cm³/mol. The first-order chi connectivity index (χ1) is 15.5. The van der Waals surface area contributed by atoms with Gasteiger partial charge in [-0.2, -0.15) is 0 Å². The maximum absolute atomic E-state index is 13.5. The summed E-state index contributed by atoms with van der Waals surface area (Å²) in [6.45, 7) is 5.88. The van der Waals surface area contributed by atoms with Crippen molar-refractivity contribution in [1.82, 2.24) is 15.5 Å². The Morgan fingerprint density at radius 2 is 2.06 bits per heavy atom. The van der Waals surface area contributed by atoms with Gasteiger partial charge in [0.2, 0.25) is 17.7 Å². The van der Waals surface area contributed by atoms with Crippen LogP contribution in [0, 0.1) is 6.92 Å². The van der Waals surface area contributed by atoms with E-state index < -0.39 is 12.1 Å². The number of hydrogen-bond donors (Lipinski definition) is 2. The Morgan fingerprint density at radius 1 is 1.28 bits per heavy atom. The number of aryl methyl sites for hydroxylation is 1. The zero-order valence-electron chi connectivity index (χ0n) is 18.6. The lowest BCUT2D eigenvalue weighted by atomic mass is 10.0. The van der Waals surface area contributed by atoms with E-state index in [2.05, 4.69) is 10.6 Å². The summed E-state index contributed by atoms with van der Waals surface area (Å²) < 4.78 is 5.35. The molecule has 1 saturated heterocycles. The fraction of sp³-hybridized carbons (Fsp3) is 0.458. The second kappa shape index (κ2) is 11.8. The number of ether oxygens (including phenoxy) is 1. The molecule has 0 aliphatic carbocycles. The van der Waals surface area contributed by atoms with Gasteiger partial charge in [-0.15, -0.1) is 11.3 Å². The van der Waals surface area contributed by atoms with Gasteiger partial charge < -0.3 is 20.3 Å². The molecule has 1 aliphatic heterocycles. The highest BCUT2D eigenvalue weighted by molar-refractivity contribution is 7.09. The lowest BCUT2D eigenvalue weighted by Crippen LogP contribution is -2.49. The molecule has 1 aromatic carbocycles. The van der Waals surface area contributed by atoms with Crippen molar-refractivity contribution in [1.29, 1.82) is 0 Å². The fourth-order valence-corrected chi connectivity index (χ4v) is 4.42. The summed E-state index contributed by atoms with van der Waals surface area (Å²) in [4.78, 5) is 41.3. The first kappa shape index (κ1) is 23.9. The van der Waals surface area contributed by atoms with Crippen LogP contribution in [0.4, 0.5) is 0 Å². The molecule has 0 unspecified atom stereocenters. The number of nitrogens with one attached hydrogen (secondary N) is 2. The molecule has 0 spiro atoms. The molecule has 2 aromatic rings. The second-order valence-corrected chi connectivity index (χ2v) is 8.89. The van der Waals surface area contributed by atoms with E-state index >= 15 is 0 Å². The van der Waals surface area contributed by atoms with Gasteiger partial charge in [-0.1, -0.05) is 35.9 Å². The monoisotopic (exact) mass is 457 g/mol. The number of nitrogens with zero attached hydrogens (tertiary/aromatic N) is 1. The Labute approximate surface area is 193 Å². The standard InChI is InChI=1S/C24H31N3O4S/c1-3-31-14-5-13-25-23(29)22(18-9-7-17(2)8-10-18)27(16-19-6-4-15-32-19)24(30)20-11-12-21(28)26-20/h4,6-10,15,20,22H,3,5,11-14,16H2,1-2H3,(H,25,29)(H,26,28)/t20-,22+/m0/s1. The molecule has 0 radical (unpaired) electrons. The summed E-state index contributed by atoms with van der Waals surface area (Å²) in [5.41, 5.74) is 1.82. The third-order valence-electron chi connectivity index (χ3n) is 5.40. The van der Waals surface area contributed by atoms with Crippen LogP contribution in [0.25, 0.3) is 0 Å². The maximum Gasteiger partial charge on any atom is 0.247 e. The van der Waals surface area contributed by atoms with Gasteiger partial charge in [0, 0.05) is 31.1 Å². The third kappa shape index (κ3) is 6.40. The smallest absolute Gasteiger partial charge is 0.247 e. The molecular formula is C24H31N3O4S. The quantitative estimate of drug-likeness (QED) is 0.508. The first-order valence-electron chi connectivity index (χ1n) is 11.0. The zero-order chi connectivity index (χ0) is 22.9. The van der Waals surface area contributed by atoms with Gasteiger partial charge in [0.1, 0.15) is 12.1 Å². The van der Waals surface area contributed by atoms with Gasteiger partial charge >= 0.3 is 0 Å². The van der Waals surface area contributed by atoms with Gasteiger partial charge in [-0.05, 0) is 43.7 Å². The van der Waals surface area contributed by atoms with Crippen molar-refractivity contribution >= 4 is 29.1 Å². The highest BCUT2D eigenvalue weighted by Crippen LogP contribution is 2.27. The molecule has 1 aliphatic rings. The Hall–Kier alpha value is -2.71. The lowest BCUT2D eigenvalue weighted by Gasteiger charge is -2.33. The molecule has 8 heteroatoms. The van der Waals surface area contributed by atoms with Gasteiger partial charge in [0.05, 0.1) is 6.54 Å². The number of carbonyl (C=O) groups excluding carboxylic acids is 3. The topological polar surface area (TPSA) is 87.7 Å². The number of benzene rings is 1. The van der Waals surface area contributed by atoms with E-state index in [0.717, 1.165) is 16.0 Å². The van der Waals surface area contributed by atoms with Crippen LogP contribution in [-0.4, -0.2) is 48.4 Å². The summed E-state index contributed by atoms with van der Waals surface area (Å²) in [7, 11) is 0. The predicted octanol–water partition coefficient (Wildman–Crippen LogP) is 2.95. The largest absolute Gasteiger partial charge is 0.382 e. The van der Waals surface area contributed by atoms with Gasteiger partial charge in [0.15, 0.2) is 0 Å². The Kier molecular flexibility index (Phi) is 8.81. The summed E-state index contributed by atoms with van der Waals surface area (Å²) in [6.07, 6.45) is 1.45. The molecule has 2 N–H and O–H groups in total. The van der Waals surface area contributed by atoms with Crippen molar-refractivity contribution in [3.63, 3.8) is 0 Å². The molecule has 32 heavy (non-hydrogen) atoms. The number of hydrogen-bond acceptors (Lipinski definition) is 5. The average Bonchev–Trinajstić information content (AvgIpc) is 3.45. The van der Waals surface area contributed by atoms with Crippen LogP contribution in [0.5, 0.6) is 0 Å².